The molecule has 1 aliphatic rings. The van der Waals surface area contributed by atoms with Crippen molar-refractivity contribution in [2.75, 3.05) is 0 Å². The summed E-state index contributed by atoms with van der Waals surface area (Å²) in [7, 11) is 0. The highest BCUT2D eigenvalue weighted by Crippen LogP contribution is 2.44. The average molecular weight is 599 g/mol. The zero-order valence-corrected chi connectivity index (χ0v) is 25.8. The molecule has 220 valence electrons. The van der Waals surface area contributed by atoms with E-state index in [9.17, 15) is 0 Å². The van der Waals surface area contributed by atoms with Gasteiger partial charge in [0.2, 0.25) is 0 Å². The molecule has 0 saturated carbocycles. The summed E-state index contributed by atoms with van der Waals surface area (Å²) in [6, 6.07) is 55.4. The van der Waals surface area contributed by atoms with E-state index in [-0.39, 0.29) is 5.92 Å². The molecule has 0 fully saturated rings. The van der Waals surface area contributed by atoms with Gasteiger partial charge >= 0.3 is 0 Å². The first-order chi connectivity index (χ1) is 23.3. The van der Waals surface area contributed by atoms with Crippen LogP contribution in [0, 0.1) is 0 Å². The Bertz CT molecular complexity index is 2780. The Morgan fingerprint density at radius 1 is 0.468 bits per heavy atom. The van der Waals surface area contributed by atoms with Crippen molar-refractivity contribution in [1.29, 1.82) is 0 Å². The lowest BCUT2D eigenvalue weighted by Crippen LogP contribution is -2.25. The molecule has 1 heterocycles. The predicted octanol–water partition coefficient (Wildman–Crippen LogP) is 11.1. The largest absolute Gasteiger partial charge is 0.456 e. The average Bonchev–Trinajstić information content (AvgIpc) is 3.52. The molecule has 8 aromatic carbocycles. The first-order valence-corrected chi connectivity index (χ1v) is 16.5. The molecule has 0 aliphatic heterocycles. The zero-order valence-electron chi connectivity index (χ0n) is 25.8. The minimum atomic E-state index is 0.218. The van der Waals surface area contributed by atoms with Crippen LogP contribution in [0.2, 0.25) is 0 Å². The third-order valence-corrected chi connectivity index (χ3v) is 10.1. The number of rotatable bonds is 3. The third-order valence-electron chi connectivity index (χ3n) is 10.1. The lowest BCUT2D eigenvalue weighted by molar-refractivity contribution is 0.570. The maximum atomic E-state index is 6.42. The van der Waals surface area contributed by atoms with E-state index >= 15 is 0 Å². The molecule has 1 unspecified atom stereocenters. The molecule has 1 heteroatoms. The lowest BCUT2D eigenvalue weighted by Gasteiger charge is -2.22. The van der Waals surface area contributed by atoms with Gasteiger partial charge in [-0.15, -0.1) is 0 Å². The van der Waals surface area contributed by atoms with Crippen LogP contribution in [0.15, 0.2) is 156 Å². The van der Waals surface area contributed by atoms with Gasteiger partial charge in [-0.05, 0) is 102 Å². The molecule has 1 atom stereocenters. The molecule has 0 radical (unpaired) electrons. The molecule has 9 aromatic rings. The van der Waals surface area contributed by atoms with Crippen molar-refractivity contribution in [1.82, 2.24) is 0 Å². The molecule has 0 amide bonds. The Balaban J connectivity index is 1.20. The molecule has 47 heavy (non-hydrogen) atoms. The Kier molecular flexibility index (Phi) is 5.77. The number of furan rings is 1. The van der Waals surface area contributed by atoms with E-state index in [1.807, 2.05) is 0 Å². The topological polar surface area (TPSA) is 13.1 Å². The van der Waals surface area contributed by atoms with Crippen molar-refractivity contribution in [2.45, 2.75) is 12.3 Å². The molecule has 0 spiro atoms. The fourth-order valence-corrected chi connectivity index (χ4v) is 8.03. The third kappa shape index (κ3) is 4.10. The van der Waals surface area contributed by atoms with Crippen molar-refractivity contribution in [3.05, 3.63) is 168 Å². The monoisotopic (exact) mass is 598 g/mol. The molecule has 10 rings (SSSR count). The van der Waals surface area contributed by atoms with Crippen LogP contribution in [0.3, 0.4) is 0 Å². The number of benzene rings is 8. The minimum absolute atomic E-state index is 0.218. The summed E-state index contributed by atoms with van der Waals surface area (Å²) in [5.41, 5.74) is 8.33. The standard InChI is InChI=1S/C46H30O/c1-2-12-31-26-33(21-20-29(31)10-1)32-13-9-14-34(27-32)44-37-16-5-7-18-39(37)45(40-19-8-6-17-38(40)44)35-23-24-42-41(28-35)46-36-15-4-3-11-30(36)22-25-43(46)47-42/h1-22,24-28,35H,23H2. The van der Waals surface area contributed by atoms with Crippen LogP contribution in [-0.2, 0) is 0 Å². The highest BCUT2D eigenvalue weighted by Gasteiger charge is 2.22. The minimum Gasteiger partial charge on any atom is -0.456 e. The maximum absolute atomic E-state index is 6.42. The van der Waals surface area contributed by atoms with Crippen molar-refractivity contribution in [3.8, 4) is 22.3 Å². The summed E-state index contributed by atoms with van der Waals surface area (Å²) < 4.78 is 6.42. The summed E-state index contributed by atoms with van der Waals surface area (Å²) in [5.74, 6) is 0.218. The number of hydrogen-bond acceptors (Lipinski definition) is 1. The van der Waals surface area contributed by atoms with Gasteiger partial charge in [0, 0.05) is 16.5 Å². The Morgan fingerprint density at radius 3 is 1.87 bits per heavy atom. The van der Waals surface area contributed by atoms with E-state index in [4.69, 9.17) is 4.42 Å². The van der Waals surface area contributed by atoms with Crippen LogP contribution in [-0.4, -0.2) is 0 Å². The van der Waals surface area contributed by atoms with Crippen LogP contribution in [0.5, 0.6) is 0 Å². The van der Waals surface area contributed by atoms with E-state index in [1.165, 1.54) is 81.5 Å². The first kappa shape index (κ1) is 26.3. The smallest absolute Gasteiger partial charge is 0.136 e. The second-order valence-electron chi connectivity index (χ2n) is 12.8. The molecule has 0 N–H and O–H groups in total. The maximum Gasteiger partial charge on any atom is 0.136 e. The summed E-state index contributed by atoms with van der Waals surface area (Å²) in [4.78, 5) is 0. The fourth-order valence-electron chi connectivity index (χ4n) is 8.03. The van der Waals surface area contributed by atoms with Crippen LogP contribution in [0.25, 0.3) is 88.5 Å². The number of hydrogen-bond donors (Lipinski definition) is 0. The highest BCUT2D eigenvalue weighted by molar-refractivity contribution is 6.16. The van der Waals surface area contributed by atoms with Gasteiger partial charge < -0.3 is 4.42 Å². The van der Waals surface area contributed by atoms with Crippen LogP contribution in [0.1, 0.15) is 17.9 Å². The van der Waals surface area contributed by atoms with E-state index < -0.39 is 0 Å². The lowest BCUT2D eigenvalue weighted by atomic mass is 9.81. The molecule has 0 bridgehead atoms. The quantitative estimate of drug-likeness (QED) is 0.184. The van der Waals surface area contributed by atoms with Gasteiger partial charge in [0.25, 0.3) is 0 Å². The van der Waals surface area contributed by atoms with E-state index in [0.717, 1.165) is 17.4 Å². The normalized spacial score (nSPS) is 14.4. The summed E-state index contributed by atoms with van der Waals surface area (Å²) >= 11 is 0. The zero-order chi connectivity index (χ0) is 30.9. The molecule has 1 aromatic heterocycles. The van der Waals surface area contributed by atoms with Crippen molar-refractivity contribution >= 4 is 66.2 Å². The summed E-state index contributed by atoms with van der Waals surface area (Å²) in [5, 5.41) is 12.7. The van der Waals surface area contributed by atoms with Crippen molar-refractivity contribution < 1.29 is 4.42 Å². The van der Waals surface area contributed by atoms with E-state index in [2.05, 4.69) is 164 Å². The van der Waals surface area contributed by atoms with E-state index in [1.54, 1.807) is 0 Å². The van der Waals surface area contributed by atoms with Gasteiger partial charge in [0.05, 0.1) is 0 Å². The molecule has 1 nitrogen and oxygen atoms in total. The second-order valence-corrected chi connectivity index (χ2v) is 12.8. The van der Waals surface area contributed by atoms with Gasteiger partial charge in [-0.2, -0.15) is 0 Å². The van der Waals surface area contributed by atoms with Gasteiger partial charge in [-0.3, -0.25) is 0 Å². The molecular weight excluding hydrogens is 569 g/mol. The van der Waals surface area contributed by atoms with Crippen molar-refractivity contribution in [2.24, 2.45) is 0 Å². The predicted molar refractivity (Wildman–Crippen MR) is 199 cm³/mol. The van der Waals surface area contributed by atoms with Crippen LogP contribution in [0.4, 0.5) is 0 Å². The van der Waals surface area contributed by atoms with Gasteiger partial charge in [-0.25, -0.2) is 0 Å². The van der Waals surface area contributed by atoms with Gasteiger partial charge in [0.15, 0.2) is 0 Å². The Labute approximate surface area is 272 Å². The molecular formula is C46H30O. The highest BCUT2D eigenvalue weighted by atomic mass is 16.3. The first-order valence-electron chi connectivity index (χ1n) is 16.5. The summed E-state index contributed by atoms with van der Waals surface area (Å²) in [6.45, 7) is 0. The van der Waals surface area contributed by atoms with Crippen molar-refractivity contribution in [3.63, 3.8) is 0 Å². The number of fused-ring (bicyclic) bond motifs is 8. The Morgan fingerprint density at radius 2 is 1.09 bits per heavy atom. The van der Waals surface area contributed by atoms with Crippen LogP contribution < -0.4 is 10.6 Å². The second kappa shape index (κ2) is 10.3. The molecule has 0 saturated heterocycles. The molecule has 1 aliphatic carbocycles. The summed E-state index contributed by atoms with van der Waals surface area (Å²) in [6.07, 6.45) is 5.68. The Hall–Kier alpha value is -5.92. The fraction of sp³-hybridized carbons (Fsp3) is 0.0435. The SMILES string of the molecule is C1=c2oc3ccc4ccccc4c3c2=CC(c2c3ccccc3c(-c3cccc(-c4ccc5ccccc5c4)c3)c3ccccc23)C1. The van der Waals surface area contributed by atoms with Gasteiger partial charge in [-0.1, -0.05) is 140 Å². The van der Waals surface area contributed by atoms with E-state index in [0.29, 0.717) is 0 Å². The van der Waals surface area contributed by atoms with Crippen LogP contribution >= 0.6 is 0 Å². The van der Waals surface area contributed by atoms with Gasteiger partial charge in [0.1, 0.15) is 11.0 Å².